The van der Waals surface area contributed by atoms with E-state index >= 15 is 0 Å². The van der Waals surface area contributed by atoms with Crippen molar-refractivity contribution in [3.63, 3.8) is 0 Å². The number of amides is 2. The van der Waals surface area contributed by atoms with E-state index < -0.39 is 18.0 Å². The van der Waals surface area contributed by atoms with E-state index in [1.54, 1.807) is 0 Å². The Morgan fingerprint density at radius 2 is 2.03 bits per heavy atom. The summed E-state index contributed by atoms with van der Waals surface area (Å²) in [6, 6.07) is 5.38. The van der Waals surface area contributed by atoms with E-state index in [0.717, 1.165) is 15.4 Å². The number of methoxy groups -OCH3 is 1. The molecule has 2 amide bonds. The summed E-state index contributed by atoms with van der Waals surface area (Å²) in [6.45, 7) is 6.66. The molecule has 3 atom stereocenters. The first-order chi connectivity index (χ1) is 13.8. The van der Waals surface area contributed by atoms with E-state index in [1.807, 2.05) is 43.5 Å². The standard InChI is InChI=1S/C21H23BrN2O5/c1-10(2)15-9-29-21(27)24(15)19(25)16-11(3)8-23-14-6-5-12(22)7-13(14)17(18(16)23)20(26)28-4/h5-7,10-11,15-16H,8-9H2,1-4H3/t11-,15-,16+/m1/s1. The lowest BCUT2D eigenvalue weighted by Gasteiger charge is -2.26. The van der Waals surface area contributed by atoms with Crippen molar-refractivity contribution in [3.05, 3.63) is 33.9 Å². The number of ether oxygens (including phenoxy) is 2. The number of benzene rings is 1. The number of carbonyl (C=O) groups excluding carboxylic acids is 3. The van der Waals surface area contributed by atoms with Crippen LogP contribution in [0.1, 0.15) is 42.7 Å². The van der Waals surface area contributed by atoms with Crippen molar-refractivity contribution < 1.29 is 23.9 Å². The average molecular weight is 463 g/mol. The molecule has 154 valence electrons. The van der Waals surface area contributed by atoms with E-state index in [0.29, 0.717) is 17.8 Å². The lowest BCUT2D eigenvalue weighted by molar-refractivity contribution is -0.132. The van der Waals surface area contributed by atoms with Gasteiger partial charge in [0.15, 0.2) is 0 Å². The Kier molecular flexibility index (Phi) is 4.93. The Morgan fingerprint density at radius 3 is 2.69 bits per heavy atom. The summed E-state index contributed by atoms with van der Waals surface area (Å²) in [5.74, 6) is -1.43. The van der Waals surface area contributed by atoms with Crippen LogP contribution in [-0.2, 0) is 20.8 Å². The van der Waals surface area contributed by atoms with Crippen molar-refractivity contribution in [1.82, 2.24) is 9.47 Å². The number of carbonyl (C=O) groups is 3. The minimum Gasteiger partial charge on any atom is -0.465 e. The first-order valence-electron chi connectivity index (χ1n) is 9.66. The lowest BCUT2D eigenvalue weighted by atomic mass is 9.89. The Labute approximate surface area is 177 Å². The van der Waals surface area contributed by atoms with Crippen molar-refractivity contribution in [2.24, 2.45) is 11.8 Å². The molecule has 0 radical (unpaired) electrons. The third-order valence-corrected chi connectivity index (χ3v) is 6.46. The summed E-state index contributed by atoms with van der Waals surface area (Å²) >= 11 is 3.46. The first kappa shape index (κ1) is 19.9. The molecular weight excluding hydrogens is 440 g/mol. The van der Waals surface area contributed by atoms with Gasteiger partial charge in [0.1, 0.15) is 6.61 Å². The minimum absolute atomic E-state index is 0.0731. The summed E-state index contributed by atoms with van der Waals surface area (Å²) in [7, 11) is 1.33. The molecular formula is C21H23BrN2O5. The van der Waals surface area contributed by atoms with Crippen LogP contribution in [-0.4, -0.2) is 47.2 Å². The van der Waals surface area contributed by atoms with Crippen molar-refractivity contribution in [1.29, 1.82) is 0 Å². The van der Waals surface area contributed by atoms with Crippen molar-refractivity contribution >= 4 is 44.8 Å². The van der Waals surface area contributed by atoms with Crippen LogP contribution in [0.2, 0.25) is 0 Å². The number of esters is 1. The van der Waals surface area contributed by atoms with Crippen molar-refractivity contribution in [2.75, 3.05) is 13.7 Å². The molecule has 1 fully saturated rings. The Bertz CT molecular complexity index is 1030. The SMILES string of the molecule is COC(=O)c1c2n(c3ccc(Br)cc13)C[C@@H](C)[C@@H]2C(=O)N1C(=O)OC[C@@H]1C(C)C. The molecule has 2 aromatic rings. The predicted octanol–water partition coefficient (Wildman–Crippen LogP) is 3.93. The molecule has 0 aliphatic carbocycles. The number of aromatic nitrogens is 1. The number of halogens is 1. The van der Waals surface area contributed by atoms with Gasteiger partial charge in [-0.1, -0.05) is 36.7 Å². The van der Waals surface area contributed by atoms with E-state index in [-0.39, 0.29) is 30.4 Å². The highest BCUT2D eigenvalue weighted by Crippen LogP contribution is 2.44. The zero-order valence-corrected chi connectivity index (χ0v) is 18.4. The molecule has 1 saturated heterocycles. The second-order valence-electron chi connectivity index (χ2n) is 8.08. The normalized spacial score (nSPS) is 23.6. The third-order valence-electron chi connectivity index (χ3n) is 5.97. The summed E-state index contributed by atoms with van der Waals surface area (Å²) < 4.78 is 13.1. The van der Waals surface area contributed by atoms with E-state index in [1.165, 1.54) is 12.0 Å². The number of imide groups is 1. The van der Waals surface area contributed by atoms with Crippen LogP contribution in [0, 0.1) is 11.8 Å². The van der Waals surface area contributed by atoms with Crippen molar-refractivity contribution in [2.45, 2.75) is 39.3 Å². The highest BCUT2D eigenvalue weighted by atomic mass is 79.9. The molecule has 3 heterocycles. The molecule has 1 aromatic carbocycles. The molecule has 29 heavy (non-hydrogen) atoms. The fraction of sp³-hybridized carbons (Fsp3) is 0.476. The molecule has 2 aliphatic heterocycles. The Morgan fingerprint density at radius 1 is 1.31 bits per heavy atom. The van der Waals surface area contributed by atoms with E-state index in [2.05, 4.69) is 15.9 Å². The quantitative estimate of drug-likeness (QED) is 0.645. The van der Waals surface area contributed by atoms with Crippen molar-refractivity contribution in [3.8, 4) is 0 Å². The van der Waals surface area contributed by atoms with E-state index in [4.69, 9.17) is 9.47 Å². The third kappa shape index (κ3) is 2.96. The second kappa shape index (κ2) is 7.16. The summed E-state index contributed by atoms with van der Waals surface area (Å²) in [5, 5.41) is 0.732. The summed E-state index contributed by atoms with van der Waals surface area (Å²) in [6.07, 6.45) is -0.613. The van der Waals surface area contributed by atoms with Crippen LogP contribution in [0.15, 0.2) is 22.7 Å². The zero-order valence-electron chi connectivity index (χ0n) is 16.8. The Balaban J connectivity index is 1.89. The molecule has 0 bridgehead atoms. The molecule has 8 heteroatoms. The van der Waals surface area contributed by atoms with Gasteiger partial charge in [-0.25, -0.2) is 14.5 Å². The van der Waals surface area contributed by atoms with E-state index in [9.17, 15) is 14.4 Å². The fourth-order valence-electron chi connectivity index (χ4n) is 4.54. The zero-order chi connectivity index (χ0) is 21.0. The number of hydrogen-bond donors (Lipinski definition) is 0. The van der Waals surface area contributed by atoms with Crippen LogP contribution in [0.5, 0.6) is 0 Å². The van der Waals surface area contributed by atoms with Crippen LogP contribution >= 0.6 is 15.9 Å². The van der Waals surface area contributed by atoms with Gasteiger partial charge in [0.05, 0.1) is 24.6 Å². The van der Waals surface area contributed by atoms with Crippen LogP contribution in [0.3, 0.4) is 0 Å². The summed E-state index contributed by atoms with van der Waals surface area (Å²) in [5.41, 5.74) is 1.87. The molecule has 0 unspecified atom stereocenters. The van der Waals surface area contributed by atoms with Gasteiger partial charge in [-0.15, -0.1) is 0 Å². The van der Waals surface area contributed by atoms with Gasteiger partial charge < -0.3 is 14.0 Å². The molecule has 0 saturated carbocycles. The number of cyclic esters (lactones) is 1. The Hall–Kier alpha value is -2.35. The molecule has 4 rings (SSSR count). The maximum absolute atomic E-state index is 13.6. The average Bonchev–Trinajstić information content (AvgIpc) is 3.30. The smallest absolute Gasteiger partial charge is 0.417 e. The number of hydrogen-bond acceptors (Lipinski definition) is 5. The van der Waals surface area contributed by atoms with Gasteiger partial charge in [0, 0.05) is 27.6 Å². The van der Waals surface area contributed by atoms with Crippen LogP contribution in [0.4, 0.5) is 4.79 Å². The minimum atomic E-state index is -0.623. The first-order valence-corrected chi connectivity index (χ1v) is 10.4. The molecule has 1 aromatic heterocycles. The molecule has 0 N–H and O–H groups in total. The highest BCUT2D eigenvalue weighted by molar-refractivity contribution is 9.10. The van der Waals surface area contributed by atoms with Crippen LogP contribution < -0.4 is 0 Å². The lowest BCUT2D eigenvalue weighted by Crippen LogP contribution is -2.45. The highest BCUT2D eigenvalue weighted by Gasteiger charge is 2.48. The molecule has 0 spiro atoms. The topological polar surface area (TPSA) is 77.8 Å². The van der Waals surface area contributed by atoms with Gasteiger partial charge >= 0.3 is 12.1 Å². The van der Waals surface area contributed by atoms with Gasteiger partial charge in [-0.2, -0.15) is 0 Å². The maximum atomic E-state index is 13.6. The number of fused-ring (bicyclic) bond motifs is 3. The summed E-state index contributed by atoms with van der Waals surface area (Å²) in [4.78, 5) is 40.0. The van der Waals surface area contributed by atoms with Crippen LogP contribution in [0.25, 0.3) is 10.9 Å². The number of nitrogens with zero attached hydrogens (tertiary/aromatic N) is 2. The fourth-order valence-corrected chi connectivity index (χ4v) is 4.90. The van der Waals surface area contributed by atoms with Gasteiger partial charge in [-0.05, 0) is 30.0 Å². The monoisotopic (exact) mass is 462 g/mol. The molecule has 2 aliphatic rings. The van der Waals surface area contributed by atoms with Gasteiger partial charge in [0.25, 0.3) is 0 Å². The van der Waals surface area contributed by atoms with Gasteiger partial charge in [0.2, 0.25) is 5.91 Å². The maximum Gasteiger partial charge on any atom is 0.417 e. The van der Waals surface area contributed by atoms with Gasteiger partial charge in [-0.3, -0.25) is 4.79 Å². The molecule has 7 nitrogen and oxygen atoms in total. The second-order valence-corrected chi connectivity index (χ2v) is 8.99. The predicted molar refractivity (Wildman–Crippen MR) is 110 cm³/mol. The number of rotatable bonds is 3. The largest absolute Gasteiger partial charge is 0.465 e.